The second kappa shape index (κ2) is 13.9. The molecular weight excluding hydrogens is 565 g/mol. The van der Waals surface area contributed by atoms with Gasteiger partial charge in [-0.25, -0.2) is 9.97 Å². The van der Waals surface area contributed by atoms with Gasteiger partial charge in [0.2, 0.25) is 5.91 Å². The molecule has 0 spiro atoms. The standard InChI is InChI=1S/C27H27F3N4O6S/c1-15(2)24(34-22(36)13-40-20-9-5-7-16-6-3-4-8-17(16)20)25(39)32-18(12-23(37)38)19(35)14-41-26-31-11-10-21(33-26)27(28,29)30/h3-11,15,18,24H,12-14H2,1-2H3,(H,32,39)(H,34,36)(H,37,38)/t18-,24-/m0/s1. The molecule has 41 heavy (non-hydrogen) atoms. The molecule has 3 aromatic rings. The van der Waals surface area contributed by atoms with Gasteiger partial charge in [-0.15, -0.1) is 0 Å². The summed E-state index contributed by atoms with van der Waals surface area (Å²) in [6.07, 6.45) is -4.60. The highest BCUT2D eigenvalue weighted by Crippen LogP contribution is 2.28. The van der Waals surface area contributed by atoms with Gasteiger partial charge in [0.25, 0.3) is 5.91 Å². The quantitative estimate of drug-likeness (QED) is 0.200. The number of fused-ring (bicyclic) bond motifs is 1. The van der Waals surface area contributed by atoms with Crippen molar-refractivity contribution < 1.29 is 42.2 Å². The number of Topliss-reactive ketones (excluding diaryl/α,β-unsaturated/α-hetero) is 1. The zero-order valence-corrected chi connectivity index (χ0v) is 22.8. The number of ether oxygens (including phenoxy) is 1. The number of carboxylic acids is 1. The molecule has 0 fully saturated rings. The lowest BCUT2D eigenvalue weighted by Crippen LogP contribution is -2.55. The Morgan fingerprint density at radius 3 is 2.41 bits per heavy atom. The fraction of sp³-hybridized carbons (Fsp3) is 0.333. The third-order valence-electron chi connectivity index (χ3n) is 5.73. The van der Waals surface area contributed by atoms with Crippen LogP contribution in [0.1, 0.15) is 26.0 Å². The van der Waals surface area contributed by atoms with E-state index in [-0.39, 0.29) is 5.16 Å². The monoisotopic (exact) mass is 592 g/mol. The molecular formula is C27H27F3N4O6S. The van der Waals surface area contributed by atoms with Gasteiger partial charge in [-0.05, 0) is 23.4 Å². The molecule has 0 bridgehead atoms. The smallest absolute Gasteiger partial charge is 0.433 e. The molecule has 2 atom stereocenters. The summed E-state index contributed by atoms with van der Waals surface area (Å²) in [4.78, 5) is 56.9. The Hall–Kier alpha value is -4.20. The van der Waals surface area contributed by atoms with E-state index in [2.05, 4.69) is 20.6 Å². The largest absolute Gasteiger partial charge is 0.483 e. The zero-order chi connectivity index (χ0) is 30.2. The number of halogens is 3. The van der Waals surface area contributed by atoms with E-state index >= 15 is 0 Å². The number of nitrogens with zero attached hydrogens (tertiary/aromatic N) is 2. The van der Waals surface area contributed by atoms with Gasteiger partial charge in [0, 0.05) is 11.6 Å². The van der Waals surface area contributed by atoms with Crippen LogP contribution in [-0.2, 0) is 25.4 Å². The molecule has 0 radical (unpaired) electrons. The second-order valence-electron chi connectivity index (χ2n) is 9.19. The Kier molecular flexibility index (Phi) is 10.6. The van der Waals surface area contributed by atoms with Crippen LogP contribution in [0, 0.1) is 5.92 Å². The SMILES string of the molecule is CC(C)[C@H](NC(=O)COc1cccc2ccccc12)C(=O)N[C@@H](CC(=O)O)C(=O)CSc1nccc(C(F)(F)F)n1. The maximum atomic E-state index is 13.0. The van der Waals surface area contributed by atoms with Crippen molar-refractivity contribution in [3.63, 3.8) is 0 Å². The van der Waals surface area contributed by atoms with Crippen molar-refractivity contribution in [3.8, 4) is 5.75 Å². The number of ketones is 1. The molecule has 2 aromatic carbocycles. The minimum Gasteiger partial charge on any atom is -0.483 e. The van der Waals surface area contributed by atoms with Crippen LogP contribution in [-0.4, -0.2) is 63.1 Å². The number of hydrogen-bond donors (Lipinski definition) is 3. The first-order valence-electron chi connectivity index (χ1n) is 12.3. The van der Waals surface area contributed by atoms with E-state index in [1.165, 1.54) is 0 Å². The van der Waals surface area contributed by atoms with E-state index in [1.807, 2.05) is 30.3 Å². The molecule has 0 aliphatic heterocycles. The number of carboxylic acid groups (broad SMARTS) is 1. The van der Waals surface area contributed by atoms with Crippen LogP contribution in [0.5, 0.6) is 5.75 Å². The van der Waals surface area contributed by atoms with Crippen molar-refractivity contribution in [2.24, 2.45) is 5.92 Å². The lowest BCUT2D eigenvalue weighted by Gasteiger charge is -2.24. The number of alkyl halides is 3. The average molecular weight is 593 g/mol. The lowest BCUT2D eigenvalue weighted by atomic mass is 10.0. The summed E-state index contributed by atoms with van der Waals surface area (Å²) in [5.41, 5.74) is -1.20. The second-order valence-corrected chi connectivity index (χ2v) is 10.1. The van der Waals surface area contributed by atoms with Gasteiger partial charge < -0.3 is 20.5 Å². The van der Waals surface area contributed by atoms with Gasteiger partial charge in [0.15, 0.2) is 17.5 Å². The molecule has 0 saturated carbocycles. The summed E-state index contributed by atoms with van der Waals surface area (Å²) in [6.45, 7) is 2.88. The summed E-state index contributed by atoms with van der Waals surface area (Å²) < 4.78 is 44.3. The Balaban J connectivity index is 1.62. The normalized spacial score (nSPS) is 12.9. The van der Waals surface area contributed by atoms with Crippen molar-refractivity contribution in [3.05, 3.63) is 60.4 Å². The number of thioether (sulfide) groups is 1. The first kappa shape index (κ1) is 31.3. The molecule has 2 amide bonds. The van der Waals surface area contributed by atoms with Crippen molar-refractivity contribution in [1.29, 1.82) is 0 Å². The van der Waals surface area contributed by atoms with Crippen LogP contribution in [0.4, 0.5) is 13.2 Å². The fourth-order valence-corrected chi connectivity index (χ4v) is 4.47. The molecule has 0 aliphatic rings. The van der Waals surface area contributed by atoms with Crippen molar-refractivity contribution in [2.45, 2.75) is 43.7 Å². The minimum atomic E-state index is -4.71. The molecule has 10 nitrogen and oxygen atoms in total. The predicted octanol–water partition coefficient (Wildman–Crippen LogP) is 3.49. The first-order valence-corrected chi connectivity index (χ1v) is 13.3. The van der Waals surface area contributed by atoms with Crippen LogP contribution in [0.3, 0.4) is 0 Å². The minimum absolute atomic E-state index is 0.341. The average Bonchev–Trinajstić information content (AvgIpc) is 2.92. The molecule has 14 heteroatoms. The molecule has 3 N–H and O–H groups in total. The Morgan fingerprint density at radius 2 is 1.73 bits per heavy atom. The number of aliphatic carboxylic acids is 1. The maximum absolute atomic E-state index is 13.0. The number of carbonyl (C=O) groups is 4. The zero-order valence-electron chi connectivity index (χ0n) is 22.0. The van der Waals surface area contributed by atoms with Crippen LogP contribution < -0.4 is 15.4 Å². The highest BCUT2D eigenvalue weighted by Gasteiger charge is 2.33. The summed E-state index contributed by atoms with van der Waals surface area (Å²) in [5.74, 6) is -4.08. The molecule has 1 heterocycles. The van der Waals surface area contributed by atoms with E-state index in [9.17, 15) is 37.5 Å². The maximum Gasteiger partial charge on any atom is 0.433 e. The van der Waals surface area contributed by atoms with Crippen LogP contribution in [0.15, 0.2) is 59.9 Å². The van der Waals surface area contributed by atoms with Gasteiger partial charge in [-0.3, -0.25) is 19.2 Å². The van der Waals surface area contributed by atoms with Gasteiger partial charge >= 0.3 is 12.1 Å². The van der Waals surface area contributed by atoms with Crippen molar-refractivity contribution in [2.75, 3.05) is 12.4 Å². The number of nitrogens with one attached hydrogen (secondary N) is 2. The third kappa shape index (κ3) is 9.17. The number of amides is 2. The summed E-state index contributed by atoms with van der Waals surface area (Å²) in [6, 6.07) is 10.8. The molecule has 218 valence electrons. The number of aromatic nitrogens is 2. The summed E-state index contributed by atoms with van der Waals surface area (Å²) >= 11 is 0.570. The van der Waals surface area contributed by atoms with Crippen LogP contribution in [0.25, 0.3) is 10.8 Å². The lowest BCUT2D eigenvalue weighted by molar-refractivity contribution is -0.142. The predicted molar refractivity (Wildman–Crippen MR) is 143 cm³/mol. The molecule has 3 rings (SSSR count). The number of carbonyl (C=O) groups excluding carboxylic acids is 3. The van der Waals surface area contributed by atoms with E-state index in [0.717, 1.165) is 17.0 Å². The number of benzene rings is 2. The molecule has 0 saturated heterocycles. The first-order chi connectivity index (χ1) is 19.3. The fourth-order valence-electron chi connectivity index (χ4n) is 3.70. The molecule has 0 aliphatic carbocycles. The van der Waals surface area contributed by atoms with E-state index in [1.54, 1.807) is 26.0 Å². The number of rotatable bonds is 13. The highest BCUT2D eigenvalue weighted by atomic mass is 32.2. The van der Waals surface area contributed by atoms with Crippen LogP contribution in [0.2, 0.25) is 0 Å². The van der Waals surface area contributed by atoms with Gasteiger partial charge in [0.05, 0.1) is 18.2 Å². The van der Waals surface area contributed by atoms with Gasteiger partial charge in [-0.1, -0.05) is 62.0 Å². The Morgan fingerprint density at radius 1 is 1.02 bits per heavy atom. The van der Waals surface area contributed by atoms with Gasteiger partial charge in [0.1, 0.15) is 17.5 Å². The van der Waals surface area contributed by atoms with E-state index in [0.29, 0.717) is 23.6 Å². The molecule has 0 unspecified atom stereocenters. The van der Waals surface area contributed by atoms with E-state index in [4.69, 9.17) is 4.74 Å². The topological polar surface area (TPSA) is 148 Å². The Labute approximate surface area is 237 Å². The highest BCUT2D eigenvalue weighted by molar-refractivity contribution is 7.99. The Bertz CT molecular complexity index is 1410. The number of hydrogen-bond acceptors (Lipinski definition) is 8. The van der Waals surface area contributed by atoms with Gasteiger partial charge in [-0.2, -0.15) is 13.2 Å². The van der Waals surface area contributed by atoms with Crippen molar-refractivity contribution >= 4 is 46.1 Å². The van der Waals surface area contributed by atoms with Crippen molar-refractivity contribution in [1.82, 2.24) is 20.6 Å². The molecule has 1 aromatic heterocycles. The summed E-state index contributed by atoms with van der Waals surface area (Å²) in [5, 5.41) is 15.5. The third-order valence-corrected chi connectivity index (χ3v) is 6.61. The summed E-state index contributed by atoms with van der Waals surface area (Å²) in [7, 11) is 0. The van der Waals surface area contributed by atoms with E-state index < -0.39 is 72.2 Å². The van der Waals surface area contributed by atoms with Crippen LogP contribution >= 0.6 is 11.8 Å².